The zero-order valence-corrected chi connectivity index (χ0v) is 11.1. The number of rotatable bonds is 6. The highest BCUT2D eigenvalue weighted by atomic mass is 19.1. The van der Waals surface area contributed by atoms with Crippen LogP contribution in [0, 0.1) is 11.7 Å². The standard InChI is InChI=1S/C14H19FN2O2/c1-17(4-5-19-9-10-2-3-10)14(18)11-6-12(15)8-13(16)7-11/h6-8,10H,2-5,9,16H2,1H3. The van der Waals surface area contributed by atoms with Crippen molar-refractivity contribution in [3.8, 4) is 0 Å². The van der Waals surface area contributed by atoms with Crippen LogP contribution in [-0.2, 0) is 4.74 Å². The van der Waals surface area contributed by atoms with E-state index in [1.165, 1.54) is 35.9 Å². The molecule has 1 aromatic rings. The van der Waals surface area contributed by atoms with Crippen molar-refractivity contribution in [1.29, 1.82) is 0 Å². The number of benzene rings is 1. The second kappa shape index (κ2) is 6.02. The molecule has 1 fully saturated rings. The van der Waals surface area contributed by atoms with E-state index in [1.807, 2.05) is 0 Å². The number of likely N-dealkylation sites (N-methyl/N-ethyl adjacent to an activating group) is 1. The summed E-state index contributed by atoms with van der Waals surface area (Å²) in [6.07, 6.45) is 2.49. The van der Waals surface area contributed by atoms with Gasteiger partial charge >= 0.3 is 0 Å². The minimum Gasteiger partial charge on any atom is -0.399 e. The molecule has 104 valence electrons. The van der Waals surface area contributed by atoms with Crippen molar-refractivity contribution in [2.24, 2.45) is 5.92 Å². The topological polar surface area (TPSA) is 55.6 Å². The molecule has 5 heteroatoms. The first-order valence-corrected chi connectivity index (χ1v) is 6.45. The van der Waals surface area contributed by atoms with Gasteiger partial charge in [-0.25, -0.2) is 4.39 Å². The molecule has 2 rings (SSSR count). The molecular formula is C14H19FN2O2. The fourth-order valence-electron chi connectivity index (χ4n) is 1.79. The molecule has 1 aliphatic carbocycles. The van der Waals surface area contributed by atoms with Crippen molar-refractivity contribution in [2.75, 3.05) is 32.5 Å². The highest BCUT2D eigenvalue weighted by Gasteiger charge is 2.21. The molecule has 0 aliphatic heterocycles. The number of ether oxygens (including phenoxy) is 1. The quantitative estimate of drug-likeness (QED) is 0.632. The van der Waals surface area contributed by atoms with E-state index in [1.54, 1.807) is 7.05 Å². The number of halogens is 1. The molecule has 1 aromatic carbocycles. The van der Waals surface area contributed by atoms with Crippen molar-refractivity contribution in [3.63, 3.8) is 0 Å². The SMILES string of the molecule is CN(CCOCC1CC1)C(=O)c1cc(N)cc(F)c1. The van der Waals surface area contributed by atoms with Crippen molar-refractivity contribution < 1.29 is 13.9 Å². The summed E-state index contributed by atoms with van der Waals surface area (Å²) >= 11 is 0. The van der Waals surface area contributed by atoms with Gasteiger partial charge in [-0.05, 0) is 37.0 Å². The number of carbonyl (C=O) groups is 1. The number of nitrogen functional groups attached to an aromatic ring is 1. The van der Waals surface area contributed by atoms with Gasteiger partial charge in [0.2, 0.25) is 0 Å². The second-order valence-corrected chi connectivity index (χ2v) is 5.02. The van der Waals surface area contributed by atoms with Crippen LogP contribution in [-0.4, -0.2) is 37.6 Å². The Labute approximate surface area is 112 Å². The van der Waals surface area contributed by atoms with E-state index in [0.717, 1.165) is 6.61 Å². The Bertz CT molecular complexity index is 441. The Balaban J connectivity index is 1.82. The predicted molar refractivity (Wildman–Crippen MR) is 71.3 cm³/mol. The molecule has 0 heterocycles. The fraction of sp³-hybridized carbons (Fsp3) is 0.500. The first-order valence-electron chi connectivity index (χ1n) is 6.45. The van der Waals surface area contributed by atoms with Crippen molar-refractivity contribution in [2.45, 2.75) is 12.8 Å². The lowest BCUT2D eigenvalue weighted by Gasteiger charge is -2.17. The average molecular weight is 266 g/mol. The number of nitrogens with zero attached hydrogens (tertiary/aromatic N) is 1. The predicted octanol–water partition coefficient (Wildman–Crippen LogP) is 1.91. The molecular weight excluding hydrogens is 247 g/mol. The van der Waals surface area contributed by atoms with Crippen LogP contribution >= 0.6 is 0 Å². The third-order valence-electron chi connectivity index (χ3n) is 3.14. The Kier molecular flexibility index (Phi) is 4.37. The van der Waals surface area contributed by atoms with Crippen LogP contribution in [0.15, 0.2) is 18.2 Å². The number of hydrogen-bond acceptors (Lipinski definition) is 3. The van der Waals surface area contributed by atoms with Crippen LogP contribution in [0.2, 0.25) is 0 Å². The molecule has 0 atom stereocenters. The molecule has 1 aliphatic rings. The number of nitrogens with two attached hydrogens (primary N) is 1. The van der Waals surface area contributed by atoms with E-state index in [9.17, 15) is 9.18 Å². The summed E-state index contributed by atoms with van der Waals surface area (Å²) in [5, 5.41) is 0. The minimum absolute atomic E-state index is 0.249. The zero-order chi connectivity index (χ0) is 13.8. The fourth-order valence-corrected chi connectivity index (χ4v) is 1.79. The summed E-state index contributed by atoms with van der Waals surface area (Å²) in [5.41, 5.74) is 6.04. The molecule has 0 aromatic heterocycles. The lowest BCUT2D eigenvalue weighted by atomic mass is 10.1. The van der Waals surface area contributed by atoms with E-state index in [2.05, 4.69) is 0 Å². The van der Waals surface area contributed by atoms with E-state index in [0.29, 0.717) is 19.1 Å². The zero-order valence-electron chi connectivity index (χ0n) is 11.1. The summed E-state index contributed by atoms with van der Waals surface area (Å²) in [5.74, 6) is -0.0352. The maximum Gasteiger partial charge on any atom is 0.253 e. The number of amides is 1. The number of anilines is 1. The Hall–Kier alpha value is -1.62. The van der Waals surface area contributed by atoms with Gasteiger partial charge in [0.25, 0.3) is 5.91 Å². The van der Waals surface area contributed by atoms with E-state index in [-0.39, 0.29) is 17.2 Å². The van der Waals surface area contributed by atoms with Crippen molar-refractivity contribution in [1.82, 2.24) is 4.90 Å². The van der Waals surface area contributed by atoms with Crippen LogP contribution in [0.25, 0.3) is 0 Å². The normalized spacial score (nSPS) is 14.4. The van der Waals surface area contributed by atoms with Crippen LogP contribution in [0.1, 0.15) is 23.2 Å². The van der Waals surface area contributed by atoms with E-state index < -0.39 is 5.82 Å². The van der Waals surface area contributed by atoms with Gasteiger partial charge in [0, 0.05) is 31.5 Å². The van der Waals surface area contributed by atoms with Gasteiger partial charge in [0.15, 0.2) is 0 Å². The molecule has 2 N–H and O–H groups in total. The average Bonchev–Trinajstić information content (AvgIpc) is 3.16. The summed E-state index contributed by atoms with van der Waals surface area (Å²) in [4.78, 5) is 13.6. The summed E-state index contributed by atoms with van der Waals surface area (Å²) in [6, 6.07) is 3.86. The van der Waals surface area contributed by atoms with Crippen LogP contribution in [0.5, 0.6) is 0 Å². The highest BCUT2D eigenvalue weighted by Crippen LogP contribution is 2.28. The molecule has 0 unspecified atom stereocenters. The first-order chi connectivity index (χ1) is 9.06. The Morgan fingerprint density at radius 2 is 2.21 bits per heavy atom. The third kappa shape index (κ3) is 4.21. The van der Waals surface area contributed by atoms with Gasteiger partial charge in [0.1, 0.15) is 5.82 Å². The number of hydrogen-bond donors (Lipinski definition) is 1. The minimum atomic E-state index is -0.498. The molecule has 0 radical (unpaired) electrons. The van der Waals surface area contributed by atoms with E-state index >= 15 is 0 Å². The summed E-state index contributed by atoms with van der Waals surface area (Å²) < 4.78 is 18.6. The van der Waals surface area contributed by atoms with Crippen LogP contribution < -0.4 is 5.73 Å². The smallest absolute Gasteiger partial charge is 0.253 e. The van der Waals surface area contributed by atoms with Crippen LogP contribution in [0.4, 0.5) is 10.1 Å². The Morgan fingerprint density at radius 3 is 2.84 bits per heavy atom. The molecule has 4 nitrogen and oxygen atoms in total. The monoisotopic (exact) mass is 266 g/mol. The van der Waals surface area contributed by atoms with E-state index in [4.69, 9.17) is 10.5 Å². The molecule has 19 heavy (non-hydrogen) atoms. The second-order valence-electron chi connectivity index (χ2n) is 5.02. The van der Waals surface area contributed by atoms with Gasteiger partial charge in [-0.15, -0.1) is 0 Å². The first kappa shape index (κ1) is 13.8. The molecule has 0 bridgehead atoms. The van der Waals surface area contributed by atoms with Gasteiger partial charge in [-0.2, -0.15) is 0 Å². The largest absolute Gasteiger partial charge is 0.399 e. The van der Waals surface area contributed by atoms with Gasteiger partial charge in [0.05, 0.1) is 6.61 Å². The van der Waals surface area contributed by atoms with Gasteiger partial charge in [-0.1, -0.05) is 0 Å². The summed E-state index contributed by atoms with van der Waals surface area (Å²) in [7, 11) is 1.67. The maximum atomic E-state index is 13.2. The lowest BCUT2D eigenvalue weighted by molar-refractivity contribution is 0.0681. The van der Waals surface area contributed by atoms with Crippen molar-refractivity contribution >= 4 is 11.6 Å². The summed E-state index contributed by atoms with van der Waals surface area (Å²) in [6.45, 7) is 1.76. The lowest BCUT2D eigenvalue weighted by Crippen LogP contribution is -2.30. The molecule has 1 saturated carbocycles. The third-order valence-corrected chi connectivity index (χ3v) is 3.14. The Morgan fingerprint density at radius 1 is 1.47 bits per heavy atom. The molecule has 1 amide bonds. The number of carbonyl (C=O) groups excluding carboxylic acids is 1. The van der Waals surface area contributed by atoms with Crippen LogP contribution in [0.3, 0.4) is 0 Å². The van der Waals surface area contributed by atoms with Gasteiger partial charge < -0.3 is 15.4 Å². The highest BCUT2D eigenvalue weighted by molar-refractivity contribution is 5.94. The molecule has 0 spiro atoms. The maximum absolute atomic E-state index is 13.2. The van der Waals surface area contributed by atoms with Crippen molar-refractivity contribution in [3.05, 3.63) is 29.6 Å². The van der Waals surface area contributed by atoms with Gasteiger partial charge in [-0.3, -0.25) is 4.79 Å². The molecule has 0 saturated heterocycles.